The van der Waals surface area contributed by atoms with E-state index in [2.05, 4.69) is 84.6 Å². The summed E-state index contributed by atoms with van der Waals surface area (Å²) in [6.07, 6.45) is 3.54. The average molecular weight is 715 g/mol. The van der Waals surface area contributed by atoms with E-state index in [1.54, 1.807) is 28.4 Å². The van der Waals surface area contributed by atoms with Crippen molar-refractivity contribution in [2.24, 2.45) is 0 Å². The first-order valence-electron chi connectivity index (χ1n) is 18.3. The maximum atomic E-state index is 6.91. The molecular formula is C45H50N2O6. The van der Waals surface area contributed by atoms with Crippen molar-refractivity contribution in [1.82, 2.24) is 9.80 Å². The van der Waals surface area contributed by atoms with E-state index in [0.29, 0.717) is 29.6 Å². The monoisotopic (exact) mass is 714 g/mol. The number of hydrogen-bond acceptors (Lipinski definition) is 8. The third kappa shape index (κ3) is 7.94. The molecule has 5 aromatic carbocycles. The number of methoxy groups -OCH3 is 4. The average Bonchev–Trinajstić information content (AvgIpc) is 3.19. The van der Waals surface area contributed by atoms with Crippen LogP contribution in [0.15, 0.2) is 97.1 Å². The van der Waals surface area contributed by atoms with Gasteiger partial charge < -0.3 is 28.4 Å². The third-order valence-corrected chi connectivity index (χ3v) is 10.8. The van der Waals surface area contributed by atoms with Crippen LogP contribution in [0.5, 0.6) is 40.2 Å². The quantitative estimate of drug-likeness (QED) is 0.120. The van der Waals surface area contributed by atoms with Crippen LogP contribution < -0.4 is 28.4 Å². The van der Waals surface area contributed by atoms with Crippen molar-refractivity contribution in [3.8, 4) is 40.2 Å². The molecule has 0 bridgehead atoms. The van der Waals surface area contributed by atoms with E-state index < -0.39 is 0 Å². The van der Waals surface area contributed by atoms with E-state index in [1.165, 1.54) is 27.8 Å². The third-order valence-electron chi connectivity index (χ3n) is 10.8. The lowest BCUT2D eigenvalue weighted by Gasteiger charge is -2.35. The molecule has 0 saturated heterocycles. The molecule has 0 fully saturated rings. The van der Waals surface area contributed by atoms with Crippen molar-refractivity contribution < 1.29 is 28.4 Å². The van der Waals surface area contributed by atoms with E-state index in [1.807, 2.05) is 36.4 Å². The summed E-state index contributed by atoms with van der Waals surface area (Å²) in [5.74, 6) is 5.07. The van der Waals surface area contributed by atoms with Gasteiger partial charge in [0, 0.05) is 25.2 Å². The van der Waals surface area contributed by atoms with E-state index in [-0.39, 0.29) is 12.1 Å². The predicted octanol–water partition coefficient (Wildman–Crippen LogP) is 8.64. The largest absolute Gasteiger partial charge is 0.497 e. The first-order valence-corrected chi connectivity index (χ1v) is 18.3. The zero-order chi connectivity index (χ0) is 36.9. The van der Waals surface area contributed by atoms with Gasteiger partial charge in [-0.2, -0.15) is 0 Å². The number of hydrogen-bond donors (Lipinski definition) is 0. The molecule has 0 radical (unpaired) electrons. The molecule has 0 amide bonds. The molecule has 2 aliphatic heterocycles. The van der Waals surface area contributed by atoms with Gasteiger partial charge in [-0.25, -0.2) is 0 Å². The van der Waals surface area contributed by atoms with Crippen LogP contribution in [0, 0.1) is 0 Å². The highest BCUT2D eigenvalue weighted by atomic mass is 16.5. The first kappa shape index (κ1) is 36.2. The van der Waals surface area contributed by atoms with Crippen molar-refractivity contribution >= 4 is 0 Å². The topological polar surface area (TPSA) is 61.9 Å². The number of fused-ring (bicyclic) bond motifs is 2. The number of rotatable bonds is 13. The molecule has 276 valence electrons. The molecule has 53 heavy (non-hydrogen) atoms. The fourth-order valence-corrected chi connectivity index (χ4v) is 7.70. The van der Waals surface area contributed by atoms with Gasteiger partial charge in [0.15, 0.2) is 34.5 Å². The SMILES string of the molecule is COc1ccc(C[C@H]2c3cc(Oc4cc(C[C@H]5c6cc(OC)c(OC)cc6CCN5C)ccc4OCc4ccccc4)c(OC)cc3CCN2C)cc1. The summed E-state index contributed by atoms with van der Waals surface area (Å²) >= 11 is 0. The molecule has 0 aromatic heterocycles. The number of benzene rings is 5. The number of nitrogens with zero attached hydrogens (tertiary/aromatic N) is 2. The van der Waals surface area contributed by atoms with Gasteiger partial charge in [-0.05, 0) is 127 Å². The predicted molar refractivity (Wildman–Crippen MR) is 208 cm³/mol. The molecule has 2 heterocycles. The Morgan fingerprint density at radius 3 is 1.64 bits per heavy atom. The van der Waals surface area contributed by atoms with Crippen LogP contribution in [0.4, 0.5) is 0 Å². The summed E-state index contributed by atoms with van der Waals surface area (Å²) in [5.41, 5.74) is 8.56. The second kappa shape index (κ2) is 16.2. The van der Waals surface area contributed by atoms with Crippen LogP contribution in [0.1, 0.15) is 51.0 Å². The summed E-state index contributed by atoms with van der Waals surface area (Å²) in [7, 11) is 11.2. The van der Waals surface area contributed by atoms with Crippen molar-refractivity contribution in [1.29, 1.82) is 0 Å². The maximum Gasteiger partial charge on any atom is 0.169 e. The Morgan fingerprint density at radius 2 is 1.04 bits per heavy atom. The van der Waals surface area contributed by atoms with Crippen LogP contribution in [0.3, 0.4) is 0 Å². The van der Waals surface area contributed by atoms with Crippen LogP contribution in [0.25, 0.3) is 0 Å². The highest BCUT2D eigenvalue weighted by Gasteiger charge is 2.29. The van der Waals surface area contributed by atoms with Crippen molar-refractivity contribution in [2.75, 3.05) is 55.6 Å². The molecule has 0 unspecified atom stereocenters. The Labute approximate surface area is 313 Å². The minimum absolute atomic E-state index is 0.148. The molecular weight excluding hydrogens is 665 g/mol. The summed E-state index contributed by atoms with van der Waals surface area (Å²) in [5, 5.41) is 0. The molecule has 8 nitrogen and oxygen atoms in total. The van der Waals surface area contributed by atoms with Gasteiger partial charge in [-0.1, -0.05) is 48.5 Å². The Kier molecular flexibility index (Phi) is 11.1. The van der Waals surface area contributed by atoms with Crippen molar-refractivity contribution in [2.45, 2.75) is 44.4 Å². The molecule has 0 spiro atoms. The maximum absolute atomic E-state index is 6.91. The van der Waals surface area contributed by atoms with Gasteiger partial charge in [0.2, 0.25) is 0 Å². The van der Waals surface area contributed by atoms with Crippen molar-refractivity contribution in [3.05, 3.63) is 136 Å². The molecule has 0 saturated carbocycles. The smallest absolute Gasteiger partial charge is 0.169 e. The van der Waals surface area contributed by atoms with E-state index >= 15 is 0 Å². The Hall–Kier alpha value is -5.18. The zero-order valence-corrected chi connectivity index (χ0v) is 31.7. The summed E-state index contributed by atoms with van der Waals surface area (Å²) in [6, 6.07) is 33.8. The standard InChI is InChI=1S/C45H50N2O6/c1-46-20-19-34-26-42(50-5)45(28-37(34)38(46)22-30-12-15-35(48-3)16-13-30)53-44-24-32(14-17-40(44)52-29-31-10-8-7-9-11-31)23-39-36-27-43(51-6)41(49-4)25-33(36)18-21-47(39)2/h7-17,24-28,38-39H,18-23,29H2,1-6H3/t38-,39-/m0/s1. The highest BCUT2D eigenvalue weighted by Crippen LogP contribution is 2.44. The van der Waals surface area contributed by atoms with Gasteiger partial charge >= 0.3 is 0 Å². The number of ether oxygens (including phenoxy) is 6. The van der Waals surface area contributed by atoms with Crippen molar-refractivity contribution in [3.63, 3.8) is 0 Å². The second-order valence-corrected chi connectivity index (χ2v) is 14.0. The Morgan fingerprint density at radius 1 is 0.509 bits per heavy atom. The van der Waals surface area contributed by atoms with E-state index in [4.69, 9.17) is 28.4 Å². The second-order valence-electron chi connectivity index (χ2n) is 14.0. The minimum atomic E-state index is 0.148. The Balaban J connectivity index is 1.24. The summed E-state index contributed by atoms with van der Waals surface area (Å²) in [6.45, 7) is 2.34. The van der Waals surface area contributed by atoms with E-state index in [0.717, 1.165) is 67.1 Å². The fourth-order valence-electron chi connectivity index (χ4n) is 7.70. The molecule has 2 aliphatic rings. The first-order chi connectivity index (χ1) is 25.9. The van der Waals surface area contributed by atoms with Gasteiger partial charge in [0.05, 0.1) is 28.4 Å². The molecule has 0 N–H and O–H groups in total. The van der Waals surface area contributed by atoms with Crippen LogP contribution in [-0.4, -0.2) is 65.4 Å². The lowest BCUT2D eigenvalue weighted by molar-refractivity contribution is 0.227. The van der Waals surface area contributed by atoms with Crippen LogP contribution in [0.2, 0.25) is 0 Å². The number of likely N-dealkylation sites (N-methyl/N-ethyl adjacent to an activating group) is 2. The van der Waals surface area contributed by atoms with E-state index in [9.17, 15) is 0 Å². The molecule has 5 aromatic rings. The van der Waals surface area contributed by atoms with Gasteiger partial charge in [-0.3, -0.25) is 9.80 Å². The Bertz CT molecular complexity index is 2010. The van der Waals surface area contributed by atoms with Crippen LogP contribution >= 0.6 is 0 Å². The molecule has 7 rings (SSSR count). The van der Waals surface area contributed by atoms with Gasteiger partial charge in [0.1, 0.15) is 12.4 Å². The highest BCUT2D eigenvalue weighted by molar-refractivity contribution is 5.55. The molecule has 0 aliphatic carbocycles. The summed E-state index contributed by atoms with van der Waals surface area (Å²) in [4.78, 5) is 4.85. The fraction of sp³-hybridized carbons (Fsp3) is 0.333. The normalized spacial score (nSPS) is 17.0. The van der Waals surface area contributed by atoms with Gasteiger partial charge in [0.25, 0.3) is 0 Å². The lowest BCUT2D eigenvalue weighted by atomic mass is 9.88. The molecule has 8 heteroatoms. The lowest BCUT2D eigenvalue weighted by Crippen LogP contribution is -2.33. The molecule has 2 atom stereocenters. The van der Waals surface area contributed by atoms with Gasteiger partial charge in [-0.15, -0.1) is 0 Å². The summed E-state index contributed by atoms with van der Waals surface area (Å²) < 4.78 is 36.1. The zero-order valence-electron chi connectivity index (χ0n) is 31.7. The van der Waals surface area contributed by atoms with Crippen LogP contribution in [-0.2, 0) is 32.3 Å². The minimum Gasteiger partial charge on any atom is -0.497 e.